The Morgan fingerprint density at radius 1 is 1.44 bits per heavy atom. The molecule has 0 spiro atoms. The van der Waals surface area contributed by atoms with Gasteiger partial charge in [0.25, 0.3) is 5.91 Å². The average Bonchev–Trinajstić information content (AvgIpc) is 2.33. The molecule has 0 aliphatic rings. The van der Waals surface area contributed by atoms with Crippen LogP contribution in [0.1, 0.15) is 30.6 Å². The molecular weight excluding hydrogens is 233 g/mol. The molecule has 0 heterocycles. The normalized spacial score (nSPS) is 10.7. The lowest BCUT2D eigenvalue weighted by Gasteiger charge is -2.07. The van der Waals surface area contributed by atoms with E-state index in [1.165, 1.54) is 18.2 Å². The SMILES string of the molecule is CC(C)COCCCNC(=O)c1cccc(F)c1. The van der Waals surface area contributed by atoms with Crippen molar-refractivity contribution in [2.24, 2.45) is 5.92 Å². The molecule has 0 saturated heterocycles. The summed E-state index contributed by atoms with van der Waals surface area (Å²) in [6.45, 7) is 6.07. The summed E-state index contributed by atoms with van der Waals surface area (Å²) in [5, 5.41) is 2.73. The van der Waals surface area contributed by atoms with Crippen molar-refractivity contribution in [3.8, 4) is 0 Å². The maximum atomic E-state index is 12.9. The van der Waals surface area contributed by atoms with Gasteiger partial charge in [0.05, 0.1) is 0 Å². The van der Waals surface area contributed by atoms with Crippen LogP contribution in [0.3, 0.4) is 0 Å². The van der Waals surface area contributed by atoms with Gasteiger partial charge >= 0.3 is 0 Å². The average molecular weight is 253 g/mol. The van der Waals surface area contributed by atoms with Crippen LogP contribution in [0.5, 0.6) is 0 Å². The first kappa shape index (κ1) is 14.6. The van der Waals surface area contributed by atoms with E-state index >= 15 is 0 Å². The van der Waals surface area contributed by atoms with Crippen LogP contribution in [0.4, 0.5) is 4.39 Å². The Labute approximate surface area is 107 Å². The van der Waals surface area contributed by atoms with E-state index in [4.69, 9.17) is 4.74 Å². The topological polar surface area (TPSA) is 38.3 Å². The van der Waals surface area contributed by atoms with Crippen LogP contribution in [0.25, 0.3) is 0 Å². The number of hydrogen-bond donors (Lipinski definition) is 1. The highest BCUT2D eigenvalue weighted by Gasteiger charge is 2.05. The number of amides is 1. The summed E-state index contributed by atoms with van der Waals surface area (Å²) < 4.78 is 18.3. The molecule has 0 atom stereocenters. The van der Waals surface area contributed by atoms with Gasteiger partial charge in [-0.3, -0.25) is 4.79 Å². The van der Waals surface area contributed by atoms with Gasteiger partial charge in [-0.25, -0.2) is 4.39 Å². The zero-order valence-corrected chi connectivity index (χ0v) is 10.9. The van der Waals surface area contributed by atoms with E-state index in [9.17, 15) is 9.18 Å². The molecule has 4 heteroatoms. The minimum absolute atomic E-state index is 0.252. The van der Waals surface area contributed by atoms with Crippen LogP contribution in [-0.4, -0.2) is 25.7 Å². The van der Waals surface area contributed by atoms with E-state index in [0.717, 1.165) is 13.0 Å². The van der Waals surface area contributed by atoms with Crippen molar-refractivity contribution < 1.29 is 13.9 Å². The standard InChI is InChI=1S/C14H20FNO2/c1-11(2)10-18-8-4-7-16-14(17)12-5-3-6-13(15)9-12/h3,5-6,9,11H,4,7-8,10H2,1-2H3,(H,16,17). The number of carbonyl (C=O) groups excluding carboxylic acids is 1. The van der Waals surface area contributed by atoms with Gasteiger partial charge in [0.2, 0.25) is 0 Å². The molecule has 0 aliphatic carbocycles. The van der Waals surface area contributed by atoms with Crippen molar-refractivity contribution in [2.45, 2.75) is 20.3 Å². The monoisotopic (exact) mass is 253 g/mol. The molecule has 3 nitrogen and oxygen atoms in total. The van der Waals surface area contributed by atoms with Crippen LogP contribution >= 0.6 is 0 Å². The van der Waals surface area contributed by atoms with Gasteiger partial charge in [-0.05, 0) is 30.5 Å². The van der Waals surface area contributed by atoms with Gasteiger partial charge in [0.1, 0.15) is 5.82 Å². The first-order chi connectivity index (χ1) is 8.59. The maximum Gasteiger partial charge on any atom is 0.251 e. The van der Waals surface area contributed by atoms with Gasteiger partial charge < -0.3 is 10.1 Å². The summed E-state index contributed by atoms with van der Waals surface area (Å²) in [6.07, 6.45) is 0.758. The predicted octanol–water partition coefficient (Wildman–Crippen LogP) is 2.62. The molecule has 0 bridgehead atoms. The van der Waals surface area contributed by atoms with Crippen LogP contribution in [-0.2, 0) is 4.74 Å². The van der Waals surface area contributed by atoms with E-state index < -0.39 is 5.82 Å². The fourth-order valence-electron chi connectivity index (χ4n) is 1.43. The molecule has 0 radical (unpaired) electrons. The highest BCUT2D eigenvalue weighted by atomic mass is 19.1. The largest absolute Gasteiger partial charge is 0.381 e. The molecule has 1 N–H and O–H groups in total. The summed E-state index contributed by atoms with van der Waals surface area (Å²) in [6, 6.07) is 5.66. The smallest absolute Gasteiger partial charge is 0.251 e. The summed E-state index contributed by atoms with van der Waals surface area (Å²) in [5.74, 6) is -0.131. The fourth-order valence-corrected chi connectivity index (χ4v) is 1.43. The van der Waals surface area contributed by atoms with Crippen molar-refractivity contribution >= 4 is 5.91 Å². The molecule has 1 aromatic carbocycles. The number of rotatable bonds is 7. The van der Waals surface area contributed by atoms with Gasteiger partial charge in [-0.1, -0.05) is 19.9 Å². The second-order valence-electron chi connectivity index (χ2n) is 4.59. The van der Waals surface area contributed by atoms with Gasteiger partial charge in [0.15, 0.2) is 0 Å². The molecule has 100 valence electrons. The Hall–Kier alpha value is -1.42. The maximum absolute atomic E-state index is 12.9. The summed E-state index contributed by atoms with van der Waals surface area (Å²) in [4.78, 5) is 11.6. The quantitative estimate of drug-likeness (QED) is 0.759. The van der Waals surface area contributed by atoms with Gasteiger partial charge in [0, 0.05) is 25.3 Å². The van der Waals surface area contributed by atoms with E-state index in [1.54, 1.807) is 6.07 Å². The highest BCUT2D eigenvalue weighted by molar-refractivity contribution is 5.94. The third-order valence-corrected chi connectivity index (χ3v) is 2.29. The number of benzene rings is 1. The molecule has 18 heavy (non-hydrogen) atoms. The van der Waals surface area contributed by atoms with E-state index in [-0.39, 0.29) is 5.91 Å². The van der Waals surface area contributed by atoms with Crippen molar-refractivity contribution in [2.75, 3.05) is 19.8 Å². The van der Waals surface area contributed by atoms with Crippen molar-refractivity contribution in [1.29, 1.82) is 0 Å². The van der Waals surface area contributed by atoms with Crippen LogP contribution in [0, 0.1) is 11.7 Å². The number of nitrogens with one attached hydrogen (secondary N) is 1. The van der Waals surface area contributed by atoms with E-state index in [2.05, 4.69) is 19.2 Å². The lowest BCUT2D eigenvalue weighted by molar-refractivity contribution is 0.0924. The van der Waals surface area contributed by atoms with Gasteiger partial charge in [-0.2, -0.15) is 0 Å². The van der Waals surface area contributed by atoms with Crippen LogP contribution < -0.4 is 5.32 Å². The first-order valence-corrected chi connectivity index (χ1v) is 6.21. The molecule has 0 unspecified atom stereocenters. The summed E-state index contributed by atoms with van der Waals surface area (Å²) in [5.41, 5.74) is 0.345. The third-order valence-electron chi connectivity index (χ3n) is 2.29. The minimum Gasteiger partial charge on any atom is -0.381 e. The highest BCUT2D eigenvalue weighted by Crippen LogP contribution is 2.03. The zero-order valence-electron chi connectivity index (χ0n) is 10.9. The molecule has 0 aliphatic heterocycles. The first-order valence-electron chi connectivity index (χ1n) is 6.21. The van der Waals surface area contributed by atoms with Crippen molar-refractivity contribution in [3.63, 3.8) is 0 Å². The number of hydrogen-bond acceptors (Lipinski definition) is 2. The molecule has 1 rings (SSSR count). The second kappa shape index (κ2) is 7.82. The molecule has 0 aromatic heterocycles. The molecule has 1 amide bonds. The lowest BCUT2D eigenvalue weighted by atomic mass is 10.2. The van der Waals surface area contributed by atoms with E-state index in [0.29, 0.717) is 24.6 Å². The van der Waals surface area contributed by atoms with Crippen LogP contribution in [0.15, 0.2) is 24.3 Å². The lowest BCUT2D eigenvalue weighted by Crippen LogP contribution is -2.25. The Kier molecular flexibility index (Phi) is 6.36. The third kappa shape index (κ3) is 5.77. The Morgan fingerprint density at radius 3 is 2.89 bits per heavy atom. The minimum atomic E-state index is -0.400. The Bertz CT molecular complexity index is 380. The molecular formula is C14H20FNO2. The van der Waals surface area contributed by atoms with Crippen molar-refractivity contribution in [1.82, 2.24) is 5.32 Å². The summed E-state index contributed by atoms with van der Waals surface area (Å²) >= 11 is 0. The van der Waals surface area contributed by atoms with Crippen LogP contribution in [0.2, 0.25) is 0 Å². The Morgan fingerprint density at radius 2 is 2.22 bits per heavy atom. The number of carbonyl (C=O) groups is 1. The van der Waals surface area contributed by atoms with Gasteiger partial charge in [-0.15, -0.1) is 0 Å². The number of halogens is 1. The molecule has 0 saturated carbocycles. The summed E-state index contributed by atoms with van der Waals surface area (Å²) in [7, 11) is 0. The molecule has 1 aromatic rings. The second-order valence-corrected chi connectivity index (χ2v) is 4.59. The van der Waals surface area contributed by atoms with E-state index in [1.807, 2.05) is 0 Å². The van der Waals surface area contributed by atoms with Crippen molar-refractivity contribution in [3.05, 3.63) is 35.6 Å². The Balaban J connectivity index is 2.18. The predicted molar refractivity (Wildman–Crippen MR) is 69.0 cm³/mol. The fraction of sp³-hybridized carbons (Fsp3) is 0.500. The number of ether oxygens (including phenoxy) is 1. The zero-order chi connectivity index (χ0) is 13.4. The molecule has 0 fully saturated rings.